The van der Waals surface area contributed by atoms with E-state index in [9.17, 15) is 0 Å². The molecule has 0 amide bonds. The molecule has 0 unspecified atom stereocenters. The van der Waals surface area contributed by atoms with Crippen LogP contribution in [-0.2, 0) is 4.74 Å². The van der Waals surface area contributed by atoms with Crippen LogP contribution in [0, 0.1) is 6.92 Å². The van der Waals surface area contributed by atoms with Crippen molar-refractivity contribution in [2.45, 2.75) is 52.1 Å². The van der Waals surface area contributed by atoms with E-state index in [0.29, 0.717) is 0 Å². The van der Waals surface area contributed by atoms with Crippen molar-refractivity contribution in [1.29, 1.82) is 0 Å². The Morgan fingerprint density at radius 1 is 1.08 bits per heavy atom. The molecule has 0 radical (unpaired) electrons. The van der Waals surface area contributed by atoms with Crippen LogP contribution >= 0.6 is 0 Å². The maximum atomic E-state index is 5.56. The van der Waals surface area contributed by atoms with Crippen molar-refractivity contribution >= 4 is 0 Å². The summed E-state index contributed by atoms with van der Waals surface area (Å²) in [5.41, 5.74) is 0.0322. The number of hydrogen-bond acceptors (Lipinski definition) is 1. The average molecular weight is 164 g/mol. The summed E-state index contributed by atoms with van der Waals surface area (Å²) >= 11 is 0. The zero-order valence-electron chi connectivity index (χ0n) is 9.15. The van der Waals surface area contributed by atoms with Crippen LogP contribution in [0.25, 0.3) is 0 Å². The molecule has 0 aliphatic carbocycles. The average Bonchev–Trinajstić information content (AvgIpc) is 1.85. The third kappa shape index (κ3) is 13.2. The van der Waals surface area contributed by atoms with Crippen LogP contribution < -0.4 is 18.9 Å². The molecule has 0 aliphatic heterocycles. The second-order valence-electron chi connectivity index (χ2n) is 3.88. The molecule has 2 heteroatoms. The molecule has 0 aliphatic rings. The van der Waals surface area contributed by atoms with Crippen molar-refractivity contribution in [2.75, 3.05) is 6.61 Å². The van der Waals surface area contributed by atoms with Crippen LogP contribution in [0.5, 0.6) is 0 Å². The van der Waals surface area contributed by atoms with Gasteiger partial charge in [0.2, 0.25) is 0 Å². The molecule has 0 rings (SSSR count). The van der Waals surface area contributed by atoms with Gasteiger partial charge >= 0.3 is 18.9 Å². The maximum absolute atomic E-state index is 5.56. The van der Waals surface area contributed by atoms with Gasteiger partial charge in [-0.25, -0.2) is 0 Å². The van der Waals surface area contributed by atoms with E-state index >= 15 is 0 Å². The molecule has 12 heavy (non-hydrogen) atoms. The molecule has 1 nitrogen and oxygen atoms in total. The van der Waals surface area contributed by atoms with Crippen LogP contribution in [0.2, 0.25) is 0 Å². The topological polar surface area (TPSA) is 9.23 Å². The number of ether oxygens (including phenoxy) is 1. The van der Waals surface area contributed by atoms with E-state index in [0.717, 1.165) is 13.0 Å². The Bertz CT molecular complexity index is 86.3. The summed E-state index contributed by atoms with van der Waals surface area (Å²) in [6.07, 6.45) is 4.70. The molecular formula is C10H21LiO. The summed E-state index contributed by atoms with van der Waals surface area (Å²) < 4.78 is 5.56. The van der Waals surface area contributed by atoms with Gasteiger partial charge in [-0.3, -0.25) is 0 Å². The van der Waals surface area contributed by atoms with E-state index in [1.165, 1.54) is 19.3 Å². The molecule has 0 aromatic rings. The summed E-state index contributed by atoms with van der Waals surface area (Å²) in [4.78, 5) is 0. The van der Waals surface area contributed by atoms with E-state index in [4.69, 9.17) is 4.74 Å². The molecule has 0 heterocycles. The Balaban J connectivity index is 0. The Morgan fingerprint density at radius 2 is 1.67 bits per heavy atom. The van der Waals surface area contributed by atoms with Gasteiger partial charge in [0, 0.05) is 6.61 Å². The first-order valence-electron chi connectivity index (χ1n) is 4.49. The van der Waals surface area contributed by atoms with Gasteiger partial charge in [0.25, 0.3) is 0 Å². The summed E-state index contributed by atoms with van der Waals surface area (Å²) in [5, 5.41) is 0. The molecular weight excluding hydrogens is 143 g/mol. The Morgan fingerprint density at radius 3 is 2.08 bits per heavy atom. The van der Waals surface area contributed by atoms with Gasteiger partial charge in [-0.05, 0) is 27.2 Å². The molecule has 0 aromatic carbocycles. The molecule has 0 atom stereocenters. The SMILES string of the molecule is [CH2-]CCCCCOC(C)(C)C.[Li+]. The Labute approximate surface area is 89.4 Å². The monoisotopic (exact) mass is 164 g/mol. The van der Waals surface area contributed by atoms with Crippen LogP contribution in [0.4, 0.5) is 0 Å². The van der Waals surface area contributed by atoms with E-state index in [1.807, 2.05) is 0 Å². The van der Waals surface area contributed by atoms with Gasteiger partial charge in [-0.2, -0.15) is 6.42 Å². The van der Waals surface area contributed by atoms with Gasteiger partial charge < -0.3 is 11.7 Å². The third-order valence-electron chi connectivity index (χ3n) is 1.43. The van der Waals surface area contributed by atoms with Crippen LogP contribution in [0.3, 0.4) is 0 Å². The Hall–Kier alpha value is 0.557. The van der Waals surface area contributed by atoms with Crippen molar-refractivity contribution in [3.05, 3.63) is 6.92 Å². The fourth-order valence-corrected chi connectivity index (χ4v) is 0.834. The molecule has 68 valence electrons. The zero-order chi connectivity index (χ0) is 8.74. The standard InChI is InChI=1S/C10H21O.Li/c1-5-6-7-8-9-11-10(2,3)4;/h1,5-9H2,2-4H3;/q-1;+1. The predicted molar refractivity (Wildman–Crippen MR) is 49.5 cm³/mol. The van der Waals surface area contributed by atoms with E-state index in [-0.39, 0.29) is 24.5 Å². The minimum Gasteiger partial charge on any atom is -0.376 e. The number of unbranched alkanes of at least 4 members (excludes halogenated alkanes) is 3. The number of rotatable bonds is 5. The molecule has 0 saturated heterocycles. The second kappa shape index (κ2) is 8.17. The first-order chi connectivity index (χ1) is 5.06. The summed E-state index contributed by atoms with van der Waals surface area (Å²) in [6.45, 7) is 11.0. The van der Waals surface area contributed by atoms with Crippen molar-refractivity contribution in [1.82, 2.24) is 0 Å². The van der Waals surface area contributed by atoms with Crippen LogP contribution in [0.1, 0.15) is 46.5 Å². The zero-order valence-corrected chi connectivity index (χ0v) is 9.15. The van der Waals surface area contributed by atoms with E-state index in [2.05, 4.69) is 27.7 Å². The minimum absolute atomic E-state index is 0. The van der Waals surface area contributed by atoms with Crippen molar-refractivity contribution in [3.8, 4) is 0 Å². The quantitative estimate of drug-likeness (QED) is 0.320. The fraction of sp³-hybridized carbons (Fsp3) is 0.900. The van der Waals surface area contributed by atoms with Crippen molar-refractivity contribution in [3.63, 3.8) is 0 Å². The van der Waals surface area contributed by atoms with Crippen LogP contribution in [0.15, 0.2) is 0 Å². The van der Waals surface area contributed by atoms with Gasteiger partial charge in [0.15, 0.2) is 0 Å². The Kier molecular flexibility index (Phi) is 10.2. The van der Waals surface area contributed by atoms with Crippen molar-refractivity contribution in [2.24, 2.45) is 0 Å². The first-order valence-corrected chi connectivity index (χ1v) is 4.49. The largest absolute Gasteiger partial charge is 1.00 e. The fourth-order valence-electron chi connectivity index (χ4n) is 0.834. The van der Waals surface area contributed by atoms with E-state index < -0.39 is 0 Å². The van der Waals surface area contributed by atoms with Gasteiger partial charge in [-0.1, -0.05) is 12.8 Å². The molecule has 0 aromatic heterocycles. The number of hydrogen-bond donors (Lipinski definition) is 0. The summed E-state index contributed by atoms with van der Waals surface area (Å²) in [5.74, 6) is 0. The predicted octanol–water partition coefficient (Wildman–Crippen LogP) is 0.200. The van der Waals surface area contributed by atoms with Gasteiger partial charge in [0.05, 0.1) is 5.60 Å². The minimum atomic E-state index is 0. The smallest absolute Gasteiger partial charge is 0.376 e. The third-order valence-corrected chi connectivity index (χ3v) is 1.43. The maximum Gasteiger partial charge on any atom is 1.00 e. The van der Waals surface area contributed by atoms with Crippen LogP contribution in [-0.4, -0.2) is 12.2 Å². The molecule has 0 fully saturated rings. The molecule has 0 spiro atoms. The second-order valence-corrected chi connectivity index (χ2v) is 3.88. The summed E-state index contributed by atoms with van der Waals surface area (Å²) in [6, 6.07) is 0. The van der Waals surface area contributed by atoms with Gasteiger partial charge in [-0.15, -0.1) is 0 Å². The normalized spacial score (nSPS) is 11.0. The molecule has 0 bridgehead atoms. The first kappa shape index (κ1) is 15.0. The van der Waals surface area contributed by atoms with E-state index in [1.54, 1.807) is 0 Å². The molecule has 0 saturated carbocycles. The van der Waals surface area contributed by atoms with Gasteiger partial charge in [0.1, 0.15) is 0 Å². The summed E-state index contributed by atoms with van der Waals surface area (Å²) in [7, 11) is 0. The van der Waals surface area contributed by atoms with Crippen molar-refractivity contribution < 1.29 is 23.6 Å². The molecule has 0 N–H and O–H groups in total.